The molecule has 0 aliphatic heterocycles. The maximum absolute atomic E-state index is 9.21. The highest BCUT2D eigenvalue weighted by Crippen LogP contribution is 1.67. The van der Waals surface area contributed by atoms with Crippen LogP contribution >= 0.6 is 11.6 Å². The molecule has 5 nitrogen and oxygen atoms in total. The Kier molecular flexibility index (Phi) is 6.04. The summed E-state index contributed by atoms with van der Waals surface area (Å²) in [5.41, 5.74) is 0. The van der Waals surface area contributed by atoms with Crippen LogP contribution in [0.2, 0.25) is 0 Å². The lowest BCUT2D eigenvalue weighted by Crippen LogP contribution is -1.89. The van der Waals surface area contributed by atoms with Gasteiger partial charge < -0.3 is 0 Å². The Morgan fingerprint density at radius 3 is 1.44 bits per heavy atom. The van der Waals surface area contributed by atoms with Gasteiger partial charge in [-0.1, -0.05) is 0 Å². The van der Waals surface area contributed by atoms with Crippen LogP contribution in [0.15, 0.2) is 0 Å². The highest BCUT2D eigenvalue weighted by Gasteiger charge is 1.84. The smallest absolute Gasteiger partial charge is 0.282 e. The van der Waals surface area contributed by atoms with Crippen molar-refractivity contribution in [2.75, 3.05) is 0 Å². The first-order valence-electron chi connectivity index (χ1n) is 1.59. The van der Waals surface area contributed by atoms with E-state index < -0.39 is 10.4 Å². The zero-order chi connectivity index (χ0) is 8.08. The van der Waals surface area contributed by atoms with Gasteiger partial charge in [0.25, 0.3) is 0 Å². The predicted molar refractivity (Wildman–Crippen MR) is 30.7 cm³/mol. The van der Waals surface area contributed by atoms with Crippen molar-refractivity contribution in [3.05, 3.63) is 0 Å². The van der Waals surface area contributed by atoms with E-state index in [-0.39, 0.29) is 5.24 Å². The topological polar surface area (TPSA) is 91.7 Å². The highest BCUT2D eigenvalue weighted by atomic mass is 35.5. The molecule has 0 atom stereocenters. The van der Waals surface area contributed by atoms with Gasteiger partial charge in [0.2, 0.25) is 5.24 Å². The molecule has 9 heavy (non-hydrogen) atoms. The lowest BCUT2D eigenvalue weighted by molar-refractivity contribution is -0.109. The molecule has 0 aromatic carbocycles. The maximum atomic E-state index is 9.21. The van der Waals surface area contributed by atoms with E-state index >= 15 is 0 Å². The minimum atomic E-state index is -4.67. The van der Waals surface area contributed by atoms with Gasteiger partial charge in [0, 0.05) is 6.92 Å². The number of carbonyl (C=O) groups excluding carboxylic acids is 1. The van der Waals surface area contributed by atoms with Crippen LogP contribution in [0.4, 0.5) is 0 Å². The lowest BCUT2D eigenvalue weighted by Gasteiger charge is -1.68. The van der Waals surface area contributed by atoms with Crippen LogP contribution in [0.1, 0.15) is 6.92 Å². The van der Waals surface area contributed by atoms with Gasteiger partial charge in [-0.25, -0.2) is 0 Å². The van der Waals surface area contributed by atoms with Crippen LogP contribution in [-0.2, 0) is 15.2 Å². The number of hydrogen-bond acceptors (Lipinski definition) is 3. The van der Waals surface area contributed by atoms with Gasteiger partial charge >= 0.3 is 10.4 Å². The number of halogens is 1. The summed E-state index contributed by atoms with van der Waals surface area (Å²) in [5, 5.41) is -0.361. The molecule has 0 bridgehead atoms. The Balaban J connectivity index is 0. The van der Waals surface area contributed by atoms with E-state index in [2.05, 4.69) is 11.6 Å². The second kappa shape index (κ2) is 4.68. The van der Waals surface area contributed by atoms with Crippen LogP contribution in [0.5, 0.6) is 0 Å². The molecule has 7 heteroatoms. The zero-order valence-corrected chi connectivity index (χ0v) is 5.98. The van der Waals surface area contributed by atoms with Crippen molar-refractivity contribution in [1.29, 1.82) is 0 Å². The molecule has 0 unspecified atom stereocenters. The molecule has 0 spiro atoms. The molecule has 0 amide bonds. The van der Waals surface area contributed by atoms with Gasteiger partial charge in [-0.05, 0) is 11.6 Å². The number of rotatable bonds is 0. The van der Waals surface area contributed by atoms with Crippen molar-refractivity contribution in [2.45, 2.75) is 6.92 Å². The summed E-state index contributed by atoms with van der Waals surface area (Å²) in [7, 11) is -4.67. The van der Waals surface area contributed by atoms with Crippen LogP contribution in [0.25, 0.3) is 0 Å². The average Bonchev–Trinajstić information content (AvgIpc) is 1.19. The van der Waals surface area contributed by atoms with Crippen molar-refractivity contribution in [2.24, 2.45) is 0 Å². The summed E-state index contributed by atoms with van der Waals surface area (Å²) >= 11 is 4.64. The fourth-order valence-electron chi connectivity index (χ4n) is 0. The molecular formula is C2H5ClO5S. The van der Waals surface area contributed by atoms with Crippen molar-refractivity contribution in [1.82, 2.24) is 0 Å². The standard InChI is InChI=1S/C2H3ClO.H2O4S/c1-2(3)4;1-5(2,3)4/h1H3;(H2,1,2,3,4). The Bertz CT molecular complexity index is 157. The summed E-state index contributed by atoms with van der Waals surface area (Å²) in [6.45, 7) is 1.29. The predicted octanol–water partition coefficient (Wildman–Crippen LogP) is 0.119. The fraction of sp³-hybridized carbons (Fsp3) is 0.500. The molecule has 0 saturated heterocycles. The highest BCUT2D eigenvalue weighted by molar-refractivity contribution is 7.79. The summed E-state index contributed by atoms with van der Waals surface area (Å²) in [6, 6.07) is 0. The molecule has 0 radical (unpaired) electrons. The van der Waals surface area contributed by atoms with Gasteiger partial charge in [-0.2, -0.15) is 8.42 Å². The molecule has 0 heterocycles. The monoisotopic (exact) mass is 176 g/mol. The molecule has 0 rings (SSSR count). The first-order chi connectivity index (χ1) is 3.73. The first-order valence-corrected chi connectivity index (χ1v) is 3.37. The molecule has 56 valence electrons. The van der Waals surface area contributed by atoms with Crippen molar-refractivity contribution >= 4 is 27.2 Å². The third-order valence-electron chi connectivity index (χ3n) is 0. The SMILES string of the molecule is CC(=O)Cl.O=S(=O)(O)O. The van der Waals surface area contributed by atoms with Gasteiger partial charge in [0.1, 0.15) is 0 Å². The second-order valence-electron chi connectivity index (χ2n) is 0.918. The van der Waals surface area contributed by atoms with Crippen LogP contribution in [0.3, 0.4) is 0 Å². The lowest BCUT2D eigenvalue weighted by atomic mass is 10.9. The van der Waals surface area contributed by atoms with Crippen molar-refractivity contribution < 1.29 is 22.3 Å². The number of carbonyl (C=O) groups is 1. The van der Waals surface area contributed by atoms with E-state index in [0.29, 0.717) is 0 Å². The van der Waals surface area contributed by atoms with E-state index in [9.17, 15) is 4.79 Å². The summed E-state index contributed by atoms with van der Waals surface area (Å²) < 4.78 is 31.6. The third kappa shape index (κ3) is 9210. The summed E-state index contributed by atoms with van der Waals surface area (Å²) in [5.74, 6) is 0. The van der Waals surface area contributed by atoms with Crippen LogP contribution in [-0.4, -0.2) is 22.8 Å². The zero-order valence-electron chi connectivity index (χ0n) is 4.41. The summed E-state index contributed by atoms with van der Waals surface area (Å²) in [6.07, 6.45) is 0. The Labute approximate surface area is 57.2 Å². The van der Waals surface area contributed by atoms with E-state index in [1.54, 1.807) is 0 Å². The minimum absolute atomic E-state index is 0.361. The van der Waals surface area contributed by atoms with E-state index in [1.807, 2.05) is 0 Å². The van der Waals surface area contributed by atoms with Crippen molar-refractivity contribution in [3.63, 3.8) is 0 Å². The fourth-order valence-corrected chi connectivity index (χ4v) is 0. The van der Waals surface area contributed by atoms with Crippen LogP contribution < -0.4 is 0 Å². The van der Waals surface area contributed by atoms with Crippen molar-refractivity contribution in [3.8, 4) is 0 Å². The normalized spacial score (nSPS) is 9.33. The van der Waals surface area contributed by atoms with E-state index in [4.69, 9.17) is 17.5 Å². The Morgan fingerprint density at radius 2 is 1.44 bits per heavy atom. The molecule has 2 N–H and O–H groups in total. The van der Waals surface area contributed by atoms with Gasteiger partial charge in [-0.3, -0.25) is 13.9 Å². The van der Waals surface area contributed by atoms with E-state index in [1.165, 1.54) is 6.92 Å². The minimum Gasteiger partial charge on any atom is -0.282 e. The maximum Gasteiger partial charge on any atom is 0.394 e. The molecule has 0 aliphatic carbocycles. The molecule has 0 fully saturated rings. The third-order valence-corrected chi connectivity index (χ3v) is 0. The molecule has 0 aliphatic rings. The largest absolute Gasteiger partial charge is 0.394 e. The molecule has 0 aromatic rings. The van der Waals surface area contributed by atoms with Gasteiger partial charge in [-0.15, -0.1) is 0 Å². The van der Waals surface area contributed by atoms with E-state index in [0.717, 1.165) is 0 Å². The first kappa shape index (κ1) is 11.6. The molecule has 0 aromatic heterocycles. The van der Waals surface area contributed by atoms with Gasteiger partial charge in [0.15, 0.2) is 0 Å². The second-order valence-corrected chi connectivity index (χ2v) is 2.35. The van der Waals surface area contributed by atoms with Crippen LogP contribution in [0, 0.1) is 0 Å². The quantitative estimate of drug-likeness (QED) is 0.404. The molecule has 0 saturated carbocycles. The number of hydrogen-bond donors (Lipinski definition) is 2. The Hall–Kier alpha value is -0.170. The Morgan fingerprint density at radius 1 is 1.44 bits per heavy atom. The average molecular weight is 177 g/mol. The summed E-state index contributed by atoms with van der Waals surface area (Å²) in [4.78, 5) is 9.21. The molecular weight excluding hydrogens is 172 g/mol. The van der Waals surface area contributed by atoms with Gasteiger partial charge in [0.05, 0.1) is 0 Å².